The summed E-state index contributed by atoms with van der Waals surface area (Å²) < 4.78 is 0.900. The smallest absolute Gasteiger partial charge is 0.115 e. The molecule has 0 bridgehead atoms. The van der Waals surface area contributed by atoms with Crippen LogP contribution >= 0.6 is 27.5 Å². The zero-order valence-corrected chi connectivity index (χ0v) is 12.5. The second-order valence-corrected chi connectivity index (χ2v) is 6.01. The van der Waals surface area contributed by atoms with Gasteiger partial charge >= 0.3 is 0 Å². The number of halogens is 2. The number of aromatic hydroxyl groups is 1. The highest BCUT2D eigenvalue weighted by Gasteiger charge is 2.22. The topological polar surface area (TPSA) is 32.3 Å². The molecular weight excluding hydrogens is 326 g/mol. The van der Waals surface area contributed by atoms with Crippen LogP contribution in [0.1, 0.15) is 23.6 Å². The Morgan fingerprint density at radius 1 is 1.21 bits per heavy atom. The van der Waals surface area contributed by atoms with Crippen molar-refractivity contribution in [2.45, 2.75) is 18.9 Å². The number of benzene rings is 2. The fourth-order valence-electron chi connectivity index (χ4n) is 2.54. The van der Waals surface area contributed by atoms with Crippen molar-refractivity contribution in [3.05, 3.63) is 57.0 Å². The second kappa shape index (κ2) is 5.06. The van der Waals surface area contributed by atoms with Gasteiger partial charge in [-0.1, -0.05) is 17.7 Å². The van der Waals surface area contributed by atoms with E-state index >= 15 is 0 Å². The number of hydrogen-bond acceptors (Lipinski definition) is 2. The molecule has 19 heavy (non-hydrogen) atoms. The van der Waals surface area contributed by atoms with E-state index in [0.29, 0.717) is 10.8 Å². The monoisotopic (exact) mass is 337 g/mol. The lowest BCUT2D eigenvalue weighted by Crippen LogP contribution is -2.06. The number of aryl methyl sites for hydroxylation is 1. The maximum absolute atomic E-state index is 9.50. The van der Waals surface area contributed by atoms with Gasteiger partial charge in [0.15, 0.2) is 0 Å². The molecule has 0 heterocycles. The molecule has 0 amide bonds. The van der Waals surface area contributed by atoms with Crippen molar-refractivity contribution in [1.82, 2.24) is 0 Å². The lowest BCUT2D eigenvalue weighted by atomic mass is 10.1. The van der Waals surface area contributed by atoms with Gasteiger partial charge in [0, 0.05) is 10.2 Å². The number of hydrogen-bond donors (Lipinski definition) is 2. The average Bonchev–Trinajstić information content (AvgIpc) is 2.76. The lowest BCUT2D eigenvalue weighted by molar-refractivity contribution is 0.474. The molecule has 2 N–H and O–H groups in total. The van der Waals surface area contributed by atoms with E-state index in [0.717, 1.165) is 23.0 Å². The number of rotatable bonds is 2. The minimum absolute atomic E-state index is 0.285. The van der Waals surface area contributed by atoms with Crippen LogP contribution in [-0.4, -0.2) is 5.11 Å². The SMILES string of the molecule is Oc1ccc2c(c1)CCC2Nc1ccc(Br)c(Cl)c1. The Morgan fingerprint density at radius 3 is 2.84 bits per heavy atom. The molecule has 0 aliphatic heterocycles. The summed E-state index contributed by atoms with van der Waals surface area (Å²) in [6.45, 7) is 0. The van der Waals surface area contributed by atoms with Crippen LogP contribution in [-0.2, 0) is 6.42 Å². The van der Waals surface area contributed by atoms with Crippen molar-refractivity contribution in [2.24, 2.45) is 0 Å². The molecule has 1 aliphatic rings. The summed E-state index contributed by atoms with van der Waals surface area (Å²) in [7, 11) is 0. The van der Waals surface area contributed by atoms with E-state index in [4.69, 9.17) is 11.6 Å². The number of nitrogens with one attached hydrogen (secondary N) is 1. The zero-order chi connectivity index (χ0) is 13.4. The van der Waals surface area contributed by atoms with Crippen molar-refractivity contribution in [1.29, 1.82) is 0 Å². The minimum atomic E-state index is 0.285. The first-order chi connectivity index (χ1) is 9.13. The number of phenols is 1. The van der Waals surface area contributed by atoms with Gasteiger partial charge in [0.1, 0.15) is 5.75 Å². The summed E-state index contributed by atoms with van der Waals surface area (Å²) in [4.78, 5) is 0. The molecule has 1 unspecified atom stereocenters. The van der Waals surface area contributed by atoms with Crippen molar-refractivity contribution < 1.29 is 5.11 Å². The molecule has 0 fully saturated rings. The predicted molar refractivity (Wildman–Crippen MR) is 81.9 cm³/mol. The third-order valence-electron chi connectivity index (χ3n) is 3.46. The van der Waals surface area contributed by atoms with Gasteiger partial charge in [0.2, 0.25) is 0 Å². The van der Waals surface area contributed by atoms with Gasteiger partial charge in [-0.25, -0.2) is 0 Å². The maximum Gasteiger partial charge on any atom is 0.115 e. The van der Waals surface area contributed by atoms with E-state index in [1.165, 1.54) is 11.1 Å². The molecule has 2 aromatic carbocycles. The number of anilines is 1. The third kappa shape index (κ3) is 2.58. The first kappa shape index (κ1) is 12.8. The van der Waals surface area contributed by atoms with E-state index in [-0.39, 0.29) is 6.04 Å². The van der Waals surface area contributed by atoms with Gasteiger partial charge in [-0.15, -0.1) is 0 Å². The number of phenolic OH excluding ortho intramolecular Hbond substituents is 1. The molecule has 2 nitrogen and oxygen atoms in total. The first-order valence-corrected chi connectivity index (χ1v) is 7.34. The Hall–Kier alpha value is -1.19. The standard InChI is InChI=1S/C15H13BrClNO/c16-13-5-2-10(8-14(13)17)18-15-6-1-9-7-11(19)3-4-12(9)15/h2-5,7-8,15,18-19H,1,6H2. The van der Waals surface area contributed by atoms with Crippen molar-refractivity contribution in [3.63, 3.8) is 0 Å². The molecule has 0 saturated carbocycles. The molecule has 4 heteroatoms. The van der Waals surface area contributed by atoms with Gasteiger partial charge in [-0.2, -0.15) is 0 Å². The maximum atomic E-state index is 9.50. The molecular formula is C15H13BrClNO. The van der Waals surface area contributed by atoms with Gasteiger partial charge < -0.3 is 10.4 Å². The normalized spacial score (nSPS) is 17.3. The van der Waals surface area contributed by atoms with Crippen LogP contribution in [0.3, 0.4) is 0 Å². The third-order valence-corrected chi connectivity index (χ3v) is 4.70. The fraction of sp³-hybridized carbons (Fsp3) is 0.200. The van der Waals surface area contributed by atoms with Crippen molar-refractivity contribution in [2.75, 3.05) is 5.32 Å². The van der Waals surface area contributed by atoms with Crippen LogP contribution < -0.4 is 5.32 Å². The Kier molecular flexibility index (Phi) is 3.42. The van der Waals surface area contributed by atoms with Crippen LogP contribution in [0.25, 0.3) is 0 Å². The van der Waals surface area contributed by atoms with Crippen LogP contribution in [0.2, 0.25) is 5.02 Å². The molecule has 1 atom stereocenters. The van der Waals surface area contributed by atoms with Gasteiger partial charge in [0.05, 0.1) is 11.1 Å². The quantitative estimate of drug-likeness (QED) is 0.815. The lowest BCUT2D eigenvalue weighted by Gasteiger charge is -2.16. The fourth-order valence-corrected chi connectivity index (χ4v) is 2.97. The summed E-state index contributed by atoms with van der Waals surface area (Å²) in [5.41, 5.74) is 3.50. The molecule has 2 aromatic rings. The number of fused-ring (bicyclic) bond motifs is 1. The summed E-state index contributed by atoms with van der Waals surface area (Å²) in [5, 5.41) is 13.7. The molecule has 0 aromatic heterocycles. The molecule has 0 saturated heterocycles. The highest BCUT2D eigenvalue weighted by Crippen LogP contribution is 2.36. The van der Waals surface area contributed by atoms with E-state index < -0.39 is 0 Å². The molecule has 98 valence electrons. The van der Waals surface area contributed by atoms with Gasteiger partial charge in [0.25, 0.3) is 0 Å². The van der Waals surface area contributed by atoms with Crippen LogP contribution in [0.4, 0.5) is 5.69 Å². The largest absolute Gasteiger partial charge is 0.508 e. The van der Waals surface area contributed by atoms with Crippen molar-refractivity contribution in [3.8, 4) is 5.75 Å². The highest BCUT2D eigenvalue weighted by atomic mass is 79.9. The molecule has 1 aliphatic carbocycles. The molecule has 3 rings (SSSR count). The zero-order valence-electron chi connectivity index (χ0n) is 10.2. The van der Waals surface area contributed by atoms with Gasteiger partial charge in [-0.05, 0) is 70.2 Å². The van der Waals surface area contributed by atoms with Crippen molar-refractivity contribution >= 4 is 33.2 Å². The molecule has 0 spiro atoms. The minimum Gasteiger partial charge on any atom is -0.508 e. The Labute approximate surface area is 125 Å². The van der Waals surface area contributed by atoms with E-state index in [1.54, 1.807) is 6.07 Å². The average molecular weight is 339 g/mol. The second-order valence-electron chi connectivity index (χ2n) is 4.75. The molecule has 0 radical (unpaired) electrons. The highest BCUT2D eigenvalue weighted by molar-refractivity contribution is 9.10. The van der Waals surface area contributed by atoms with E-state index in [9.17, 15) is 5.11 Å². The first-order valence-electron chi connectivity index (χ1n) is 6.17. The Balaban J connectivity index is 1.84. The van der Waals surface area contributed by atoms with Crippen LogP contribution in [0.5, 0.6) is 5.75 Å². The summed E-state index contributed by atoms with van der Waals surface area (Å²) in [6.07, 6.45) is 2.03. The Bertz CT molecular complexity index is 630. The summed E-state index contributed by atoms with van der Waals surface area (Å²) in [6, 6.07) is 11.7. The van der Waals surface area contributed by atoms with Crippen LogP contribution in [0, 0.1) is 0 Å². The van der Waals surface area contributed by atoms with Gasteiger partial charge in [-0.3, -0.25) is 0 Å². The van der Waals surface area contributed by atoms with E-state index in [2.05, 4.69) is 21.2 Å². The van der Waals surface area contributed by atoms with Crippen LogP contribution in [0.15, 0.2) is 40.9 Å². The summed E-state index contributed by atoms with van der Waals surface area (Å²) >= 11 is 9.49. The predicted octanol–water partition coefficient (Wildman–Crippen LogP) is 4.91. The Morgan fingerprint density at radius 2 is 2.05 bits per heavy atom. The summed E-state index contributed by atoms with van der Waals surface area (Å²) in [5.74, 6) is 0.339. The van der Waals surface area contributed by atoms with E-state index in [1.807, 2.05) is 30.3 Å².